The van der Waals surface area contributed by atoms with Crippen molar-refractivity contribution < 1.29 is 27.3 Å². The Balaban J connectivity index is 0. The Kier molecular flexibility index (Phi) is 27.0. The monoisotopic (exact) mass is 97.9 g/mol. The van der Waals surface area contributed by atoms with Gasteiger partial charge in [-0.15, -0.1) is 0 Å². The van der Waals surface area contributed by atoms with Gasteiger partial charge in [-0.05, 0) is 0 Å². The van der Waals surface area contributed by atoms with Crippen LogP contribution in [0, 0.1) is 0 Å². The molecule has 4 heavy (non-hydrogen) atoms. The number of rotatable bonds is 0. The third kappa shape index (κ3) is 331000. The van der Waals surface area contributed by atoms with Gasteiger partial charge >= 0.3 is 0 Å². The first kappa shape index (κ1) is 9.00. The van der Waals surface area contributed by atoms with E-state index >= 15 is 0 Å². The molecule has 0 aliphatic heterocycles. The molecule has 2 nitrogen and oxygen atoms in total. The molecule has 0 aliphatic rings. The normalized spacial score (nSPS) is 3.00. The second kappa shape index (κ2) is 12.0. The van der Waals surface area contributed by atoms with Crippen molar-refractivity contribution in [2.24, 2.45) is 0 Å². The van der Waals surface area contributed by atoms with Gasteiger partial charge < -0.3 is 5.11 Å². The number of hydrogen-bond acceptors (Lipinski definition) is 1. The topological polar surface area (TPSA) is 37.3 Å². The maximum Gasteiger partial charge on any atom is 0.290 e. The van der Waals surface area contributed by atoms with Crippen LogP contribution in [0.4, 0.5) is 0 Å². The average Bonchev–Trinajstić information content (AvgIpc) is 0.918. The zero-order valence-corrected chi connectivity index (χ0v) is 3.12. The molecule has 0 unspecified atom stereocenters. The van der Waals surface area contributed by atoms with Gasteiger partial charge in [0.05, 0.1) is 0 Å². The van der Waals surface area contributed by atoms with E-state index in [2.05, 4.69) is 0 Å². The Bertz CT molecular complexity index is 13.5. The minimum absolute atomic E-state index is 0. The molecule has 0 amide bonds. The van der Waals surface area contributed by atoms with Gasteiger partial charge in [-0.3, -0.25) is 4.79 Å². The van der Waals surface area contributed by atoms with Gasteiger partial charge in [0.15, 0.2) is 0 Å². The first-order valence-electron chi connectivity index (χ1n) is 0.494. The van der Waals surface area contributed by atoms with Crippen LogP contribution in [-0.4, -0.2) is 11.6 Å². The molecule has 3 heteroatoms. The van der Waals surface area contributed by atoms with Gasteiger partial charge in [0.25, 0.3) is 6.47 Å². The SMILES string of the molecule is O=CO.[Cr]. The third-order valence-electron chi connectivity index (χ3n) is 0. The van der Waals surface area contributed by atoms with Crippen LogP contribution in [0.5, 0.6) is 0 Å². The largest absolute Gasteiger partial charge is 0.483 e. The Hall–Kier alpha value is 0.00247. The summed E-state index contributed by atoms with van der Waals surface area (Å²) in [6.45, 7) is -0.250. The first-order chi connectivity index (χ1) is 1.41. The summed E-state index contributed by atoms with van der Waals surface area (Å²) >= 11 is 0. The van der Waals surface area contributed by atoms with Crippen LogP contribution < -0.4 is 0 Å². The second-order valence-corrected chi connectivity index (χ2v) is 0.105. The van der Waals surface area contributed by atoms with E-state index in [4.69, 9.17) is 9.90 Å². The number of carboxylic acid groups (broad SMARTS) is 1. The molecule has 0 saturated heterocycles. The van der Waals surface area contributed by atoms with Crippen LogP contribution in [0.25, 0.3) is 0 Å². The predicted molar refractivity (Wildman–Crippen MR) is 8.69 cm³/mol. The summed E-state index contributed by atoms with van der Waals surface area (Å²) in [4.78, 5) is 8.36. The van der Waals surface area contributed by atoms with Crippen LogP contribution >= 0.6 is 0 Å². The smallest absolute Gasteiger partial charge is 0.290 e. The maximum atomic E-state index is 8.36. The van der Waals surface area contributed by atoms with E-state index in [1.54, 1.807) is 0 Å². The van der Waals surface area contributed by atoms with Gasteiger partial charge in [-0.2, -0.15) is 0 Å². The fraction of sp³-hybridized carbons (Fsp3) is 0. The molecular formula is CH2CrO2. The van der Waals surface area contributed by atoms with Crippen molar-refractivity contribution in [1.82, 2.24) is 0 Å². The fourth-order valence-electron chi connectivity index (χ4n) is 0. The van der Waals surface area contributed by atoms with E-state index in [-0.39, 0.29) is 23.8 Å². The van der Waals surface area contributed by atoms with Crippen molar-refractivity contribution in [3.8, 4) is 0 Å². The summed E-state index contributed by atoms with van der Waals surface area (Å²) in [6.07, 6.45) is 0. The molecule has 0 aliphatic carbocycles. The fourth-order valence-corrected chi connectivity index (χ4v) is 0. The third-order valence-corrected chi connectivity index (χ3v) is 0. The summed E-state index contributed by atoms with van der Waals surface area (Å²) in [5.41, 5.74) is 0. The van der Waals surface area contributed by atoms with Gasteiger partial charge in [-0.25, -0.2) is 0 Å². The second-order valence-electron chi connectivity index (χ2n) is 0.105. The van der Waals surface area contributed by atoms with E-state index in [1.165, 1.54) is 0 Å². The molecule has 24 valence electrons. The Morgan fingerprint density at radius 3 is 1.75 bits per heavy atom. The molecule has 1 N–H and O–H groups in total. The van der Waals surface area contributed by atoms with Gasteiger partial charge in [-0.1, -0.05) is 0 Å². The van der Waals surface area contributed by atoms with Crippen molar-refractivity contribution in [2.75, 3.05) is 0 Å². The van der Waals surface area contributed by atoms with Crippen molar-refractivity contribution >= 4 is 6.47 Å². The maximum absolute atomic E-state index is 8.36. The molecule has 0 radical (unpaired) electrons. The molecule has 0 atom stereocenters. The number of carbonyl (C=O) groups is 1. The summed E-state index contributed by atoms with van der Waals surface area (Å²) in [6, 6.07) is 0. The Labute approximate surface area is 34.6 Å². The van der Waals surface area contributed by atoms with Crippen LogP contribution in [0.1, 0.15) is 0 Å². The van der Waals surface area contributed by atoms with E-state index in [9.17, 15) is 0 Å². The molecule has 0 saturated carbocycles. The van der Waals surface area contributed by atoms with Crippen LogP contribution in [0.3, 0.4) is 0 Å². The van der Waals surface area contributed by atoms with Gasteiger partial charge in [0, 0.05) is 17.4 Å². The summed E-state index contributed by atoms with van der Waals surface area (Å²) in [7, 11) is 0. The first-order valence-corrected chi connectivity index (χ1v) is 0.494. The van der Waals surface area contributed by atoms with Crippen LogP contribution in [0.2, 0.25) is 0 Å². The van der Waals surface area contributed by atoms with E-state index in [0.717, 1.165) is 0 Å². The van der Waals surface area contributed by atoms with Gasteiger partial charge in [0.1, 0.15) is 0 Å². The van der Waals surface area contributed by atoms with E-state index in [0.29, 0.717) is 0 Å². The standard InChI is InChI=1S/CH2O2.Cr/c2-1-3;/h1H,(H,2,3);. The number of hydrogen-bond donors (Lipinski definition) is 1. The molecular weight excluding hydrogens is 96.0 g/mol. The molecule has 0 bridgehead atoms. The van der Waals surface area contributed by atoms with Crippen molar-refractivity contribution in [3.63, 3.8) is 0 Å². The minimum atomic E-state index is -0.250. The van der Waals surface area contributed by atoms with E-state index < -0.39 is 0 Å². The molecule has 0 heterocycles. The molecule has 0 fully saturated rings. The molecule has 0 aromatic rings. The summed E-state index contributed by atoms with van der Waals surface area (Å²) in [5, 5.41) is 6.89. The summed E-state index contributed by atoms with van der Waals surface area (Å²) in [5.74, 6) is 0. The van der Waals surface area contributed by atoms with Gasteiger partial charge in [0.2, 0.25) is 0 Å². The molecule has 0 rings (SSSR count). The minimum Gasteiger partial charge on any atom is -0.483 e. The Morgan fingerprint density at radius 2 is 1.75 bits per heavy atom. The predicted octanol–water partition coefficient (Wildman–Crippen LogP) is -0.302. The van der Waals surface area contributed by atoms with Crippen LogP contribution in [-0.2, 0) is 22.2 Å². The quantitative estimate of drug-likeness (QED) is 0.422. The van der Waals surface area contributed by atoms with Crippen LogP contribution in [0.15, 0.2) is 0 Å². The zero-order chi connectivity index (χ0) is 2.71. The van der Waals surface area contributed by atoms with Crippen molar-refractivity contribution in [2.45, 2.75) is 0 Å². The van der Waals surface area contributed by atoms with E-state index in [1.807, 2.05) is 0 Å². The molecule has 0 spiro atoms. The van der Waals surface area contributed by atoms with Crippen molar-refractivity contribution in [1.29, 1.82) is 0 Å². The molecule has 0 aromatic carbocycles. The summed E-state index contributed by atoms with van der Waals surface area (Å²) < 4.78 is 0. The zero-order valence-electron chi connectivity index (χ0n) is 1.84. The average molecular weight is 98.0 g/mol. The molecule has 0 aromatic heterocycles. The van der Waals surface area contributed by atoms with Crippen molar-refractivity contribution in [3.05, 3.63) is 0 Å². The Morgan fingerprint density at radius 1 is 1.75 bits per heavy atom.